The minimum absolute atomic E-state index is 0.108. The van der Waals surface area contributed by atoms with Crippen LogP contribution < -0.4 is 9.04 Å². The molecule has 2 aliphatic heterocycles. The molecule has 4 rings (SSSR count). The molecular formula is C25H28N2O8S. The third kappa shape index (κ3) is 5.78. The van der Waals surface area contributed by atoms with E-state index >= 15 is 0 Å². The van der Waals surface area contributed by atoms with Gasteiger partial charge in [-0.1, -0.05) is 42.5 Å². The highest BCUT2D eigenvalue weighted by atomic mass is 32.2. The lowest BCUT2D eigenvalue weighted by molar-refractivity contribution is -0.145. The molecule has 0 aliphatic carbocycles. The van der Waals surface area contributed by atoms with E-state index in [1.54, 1.807) is 59.5 Å². The predicted molar refractivity (Wildman–Crippen MR) is 130 cm³/mol. The number of aliphatic carboxylic acids is 1. The van der Waals surface area contributed by atoms with E-state index in [2.05, 4.69) is 0 Å². The number of para-hydroxylation sites is 2. The van der Waals surface area contributed by atoms with Gasteiger partial charge in [-0.05, 0) is 37.0 Å². The number of carboxylic acid groups (broad SMARTS) is 1. The van der Waals surface area contributed by atoms with Crippen LogP contribution in [0.5, 0.6) is 5.75 Å². The number of likely N-dealkylation sites (tertiary alicyclic amines) is 1. The number of anilines is 1. The molecule has 192 valence electrons. The number of fused-ring (bicyclic) bond motifs is 1. The summed E-state index contributed by atoms with van der Waals surface area (Å²) in [5, 5.41) is 7.77. The number of rotatable bonds is 7. The highest BCUT2D eigenvalue weighted by Gasteiger charge is 2.39. The second-order valence-corrected chi connectivity index (χ2v) is 10.5. The average molecular weight is 517 g/mol. The lowest BCUT2D eigenvalue weighted by Gasteiger charge is -2.35. The number of carbonyl (C=O) groups is 3. The van der Waals surface area contributed by atoms with Gasteiger partial charge < -0.3 is 19.5 Å². The van der Waals surface area contributed by atoms with Gasteiger partial charge >= 0.3 is 21.3 Å². The SMILES string of the molecule is O=C(O)C1CCN(C(=O)CCC2CN(S(=O)(=O)C(=O)OCc3ccccc3)c3ccccc3O2)CC1. The number of carboxylic acids is 1. The molecule has 0 radical (unpaired) electrons. The summed E-state index contributed by atoms with van der Waals surface area (Å²) in [5.74, 6) is -1.13. The summed E-state index contributed by atoms with van der Waals surface area (Å²) in [6, 6.07) is 15.3. The van der Waals surface area contributed by atoms with Crippen LogP contribution in [0.3, 0.4) is 0 Å². The predicted octanol–water partition coefficient (Wildman–Crippen LogP) is 3.02. The Morgan fingerprint density at radius 1 is 1.00 bits per heavy atom. The smallest absolute Gasteiger partial charge is 0.445 e. The van der Waals surface area contributed by atoms with Crippen molar-refractivity contribution >= 4 is 32.9 Å². The zero-order valence-electron chi connectivity index (χ0n) is 19.6. The van der Waals surface area contributed by atoms with Crippen molar-refractivity contribution in [2.45, 2.75) is 38.4 Å². The third-order valence-electron chi connectivity index (χ3n) is 6.37. The molecule has 0 aromatic heterocycles. The Morgan fingerprint density at radius 3 is 2.36 bits per heavy atom. The molecule has 0 saturated carbocycles. The quantitative estimate of drug-likeness (QED) is 0.556. The molecule has 2 aromatic carbocycles. The van der Waals surface area contributed by atoms with Crippen molar-refractivity contribution in [3.63, 3.8) is 0 Å². The molecule has 0 spiro atoms. The molecule has 2 heterocycles. The van der Waals surface area contributed by atoms with Gasteiger partial charge in [-0.25, -0.2) is 4.79 Å². The first-order valence-corrected chi connectivity index (χ1v) is 13.2. The summed E-state index contributed by atoms with van der Waals surface area (Å²) < 4.78 is 38.3. The van der Waals surface area contributed by atoms with Gasteiger partial charge in [0.05, 0.1) is 18.2 Å². The van der Waals surface area contributed by atoms with Crippen LogP contribution in [0.4, 0.5) is 10.5 Å². The normalized spacial score (nSPS) is 18.2. The van der Waals surface area contributed by atoms with Gasteiger partial charge in [0.15, 0.2) is 0 Å². The lowest BCUT2D eigenvalue weighted by Crippen LogP contribution is -2.46. The van der Waals surface area contributed by atoms with Crippen LogP contribution in [0.2, 0.25) is 0 Å². The molecule has 1 unspecified atom stereocenters. The standard InChI is InChI=1S/C25H28N2O8S/c28-23(26-14-12-19(13-15-26)24(29)30)11-10-20-16-27(21-8-4-5-9-22(21)35-20)36(32,33)25(31)34-17-18-6-2-1-3-7-18/h1-9,19-20H,10-17H2,(H,29,30). The lowest BCUT2D eigenvalue weighted by atomic mass is 9.97. The summed E-state index contributed by atoms with van der Waals surface area (Å²) in [7, 11) is -4.51. The summed E-state index contributed by atoms with van der Waals surface area (Å²) >= 11 is 0. The molecular weight excluding hydrogens is 488 g/mol. The van der Waals surface area contributed by atoms with Crippen molar-refractivity contribution in [3.8, 4) is 5.75 Å². The Labute approximate surface area is 209 Å². The van der Waals surface area contributed by atoms with Gasteiger partial charge in [0.2, 0.25) is 5.91 Å². The van der Waals surface area contributed by atoms with Crippen LogP contribution in [0.1, 0.15) is 31.2 Å². The number of ether oxygens (including phenoxy) is 2. The molecule has 1 saturated heterocycles. The van der Waals surface area contributed by atoms with E-state index in [-0.39, 0.29) is 37.6 Å². The third-order valence-corrected chi connectivity index (χ3v) is 7.84. The number of amides is 1. The molecule has 2 aliphatic rings. The number of benzene rings is 2. The fourth-order valence-electron chi connectivity index (χ4n) is 4.34. The topological polar surface area (TPSA) is 131 Å². The zero-order chi connectivity index (χ0) is 25.7. The van der Waals surface area contributed by atoms with Crippen molar-refractivity contribution in [3.05, 3.63) is 60.2 Å². The number of piperidine rings is 1. The first-order valence-electron chi connectivity index (χ1n) is 11.8. The fourth-order valence-corrected chi connectivity index (χ4v) is 5.50. The molecule has 11 heteroatoms. The first kappa shape index (κ1) is 25.5. The largest absolute Gasteiger partial charge is 0.486 e. The molecule has 1 atom stereocenters. The Morgan fingerprint density at radius 2 is 1.67 bits per heavy atom. The van der Waals surface area contributed by atoms with Crippen LogP contribution in [0, 0.1) is 5.92 Å². The molecule has 0 bridgehead atoms. The van der Waals surface area contributed by atoms with E-state index in [0.717, 1.165) is 4.31 Å². The number of carbonyl (C=O) groups excluding carboxylic acids is 2. The second kappa shape index (κ2) is 11.0. The van der Waals surface area contributed by atoms with Crippen LogP contribution in [-0.4, -0.2) is 61.3 Å². The van der Waals surface area contributed by atoms with Gasteiger partial charge in [-0.2, -0.15) is 8.42 Å². The van der Waals surface area contributed by atoms with E-state index < -0.39 is 33.3 Å². The summed E-state index contributed by atoms with van der Waals surface area (Å²) in [5.41, 5.74) is 0.889. The molecule has 1 fully saturated rings. The van der Waals surface area contributed by atoms with Crippen LogP contribution >= 0.6 is 0 Å². The summed E-state index contributed by atoms with van der Waals surface area (Å²) in [6.07, 6.45) is 0.502. The summed E-state index contributed by atoms with van der Waals surface area (Å²) in [4.78, 5) is 38.1. The maximum atomic E-state index is 13.2. The Balaban J connectivity index is 1.40. The monoisotopic (exact) mass is 516 g/mol. The van der Waals surface area contributed by atoms with Gasteiger partial charge in [-0.3, -0.25) is 13.9 Å². The van der Waals surface area contributed by atoms with Gasteiger partial charge in [0.25, 0.3) is 0 Å². The summed E-state index contributed by atoms with van der Waals surface area (Å²) in [6.45, 7) is 0.422. The molecule has 2 aromatic rings. The minimum Gasteiger partial charge on any atom is -0.486 e. The Hall–Kier alpha value is -3.60. The van der Waals surface area contributed by atoms with Crippen LogP contribution in [0.15, 0.2) is 54.6 Å². The first-order chi connectivity index (χ1) is 17.3. The zero-order valence-corrected chi connectivity index (χ0v) is 20.4. The van der Waals surface area contributed by atoms with Crippen molar-refractivity contribution in [2.24, 2.45) is 5.92 Å². The second-order valence-electron chi connectivity index (χ2n) is 8.80. The van der Waals surface area contributed by atoms with E-state index in [4.69, 9.17) is 14.6 Å². The maximum Gasteiger partial charge on any atom is 0.445 e. The minimum atomic E-state index is -4.51. The van der Waals surface area contributed by atoms with Crippen LogP contribution in [0.25, 0.3) is 0 Å². The van der Waals surface area contributed by atoms with E-state index in [0.29, 0.717) is 37.2 Å². The highest BCUT2D eigenvalue weighted by molar-refractivity contribution is 8.06. The van der Waals surface area contributed by atoms with Crippen molar-refractivity contribution < 1.29 is 37.4 Å². The van der Waals surface area contributed by atoms with Gasteiger partial charge in [-0.15, -0.1) is 0 Å². The number of nitrogens with zero attached hydrogens (tertiary/aromatic N) is 2. The fraction of sp³-hybridized carbons (Fsp3) is 0.400. The highest BCUT2D eigenvalue weighted by Crippen LogP contribution is 2.36. The van der Waals surface area contributed by atoms with Gasteiger partial charge in [0.1, 0.15) is 18.5 Å². The maximum absolute atomic E-state index is 13.2. The van der Waals surface area contributed by atoms with Crippen molar-refractivity contribution in [2.75, 3.05) is 23.9 Å². The van der Waals surface area contributed by atoms with Crippen molar-refractivity contribution in [1.29, 1.82) is 0 Å². The Kier molecular flexibility index (Phi) is 7.78. The number of hydrogen-bond donors (Lipinski definition) is 1. The van der Waals surface area contributed by atoms with E-state index in [1.807, 2.05) is 0 Å². The Bertz CT molecular complexity index is 1210. The van der Waals surface area contributed by atoms with Gasteiger partial charge in [0, 0.05) is 19.5 Å². The number of hydrogen-bond acceptors (Lipinski definition) is 7. The molecule has 1 amide bonds. The average Bonchev–Trinajstić information content (AvgIpc) is 2.90. The molecule has 36 heavy (non-hydrogen) atoms. The van der Waals surface area contributed by atoms with Crippen molar-refractivity contribution in [1.82, 2.24) is 4.90 Å². The van der Waals surface area contributed by atoms with Crippen LogP contribution in [-0.2, 0) is 31.0 Å². The molecule has 1 N–H and O–H groups in total. The van der Waals surface area contributed by atoms with E-state index in [1.165, 1.54) is 0 Å². The molecule has 10 nitrogen and oxygen atoms in total. The number of sulfonamides is 1. The van der Waals surface area contributed by atoms with E-state index in [9.17, 15) is 22.8 Å².